The van der Waals surface area contributed by atoms with Gasteiger partial charge in [0, 0.05) is 43.8 Å². The van der Waals surface area contributed by atoms with Gasteiger partial charge in [-0.05, 0) is 24.1 Å². The zero-order valence-corrected chi connectivity index (χ0v) is 14.1. The van der Waals surface area contributed by atoms with Gasteiger partial charge in [-0.15, -0.1) is 0 Å². The van der Waals surface area contributed by atoms with E-state index in [1.165, 1.54) is 0 Å². The molecule has 0 bridgehead atoms. The normalized spacial score (nSPS) is 16.7. The SMILES string of the molecule is CCn1cc(CC(=O)N2CCc3[nH]cnc3C2c2cccnc2)cn1. The molecule has 0 saturated carbocycles. The Morgan fingerprint density at radius 2 is 2.32 bits per heavy atom. The Morgan fingerprint density at radius 3 is 3.08 bits per heavy atom. The Morgan fingerprint density at radius 1 is 1.40 bits per heavy atom. The van der Waals surface area contributed by atoms with Crippen LogP contribution in [-0.2, 0) is 24.2 Å². The molecule has 25 heavy (non-hydrogen) atoms. The highest BCUT2D eigenvalue weighted by atomic mass is 16.2. The van der Waals surface area contributed by atoms with Crippen molar-refractivity contribution in [1.29, 1.82) is 0 Å². The monoisotopic (exact) mass is 336 g/mol. The van der Waals surface area contributed by atoms with Crippen LogP contribution in [0.1, 0.15) is 35.5 Å². The molecule has 7 nitrogen and oxygen atoms in total. The average molecular weight is 336 g/mol. The molecule has 0 aromatic carbocycles. The molecule has 0 spiro atoms. The third-order valence-corrected chi connectivity index (χ3v) is 4.61. The first-order chi connectivity index (χ1) is 12.3. The minimum atomic E-state index is -0.197. The summed E-state index contributed by atoms with van der Waals surface area (Å²) in [5.74, 6) is 0.0816. The third kappa shape index (κ3) is 2.93. The molecule has 1 unspecified atom stereocenters. The van der Waals surface area contributed by atoms with E-state index < -0.39 is 0 Å². The number of hydrogen-bond donors (Lipinski definition) is 1. The van der Waals surface area contributed by atoms with Crippen LogP contribution in [0.2, 0.25) is 0 Å². The molecule has 128 valence electrons. The number of nitrogens with zero attached hydrogens (tertiary/aromatic N) is 5. The van der Waals surface area contributed by atoms with Crippen molar-refractivity contribution >= 4 is 5.91 Å². The van der Waals surface area contributed by atoms with Crippen LogP contribution < -0.4 is 0 Å². The maximum Gasteiger partial charge on any atom is 0.227 e. The molecule has 1 aliphatic heterocycles. The van der Waals surface area contributed by atoms with Gasteiger partial charge in [-0.2, -0.15) is 5.10 Å². The number of carbonyl (C=O) groups is 1. The second-order valence-electron chi connectivity index (χ2n) is 6.17. The van der Waals surface area contributed by atoms with Gasteiger partial charge in [-0.3, -0.25) is 14.5 Å². The second-order valence-corrected chi connectivity index (χ2v) is 6.17. The van der Waals surface area contributed by atoms with Crippen LogP contribution in [0, 0.1) is 0 Å². The summed E-state index contributed by atoms with van der Waals surface area (Å²) in [5.41, 5.74) is 3.92. The highest BCUT2D eigenvalue weighted by molar-refractivity contribution is 5.80. The van der Waals surface area contributed by atoms with E-state index in [1.54, 1.807) is 18.7 Å². The number of imidazole rings is 1. The number of aromatic amines is 1. The Balaban J connectivity index is 1.64. The Bertz CT molecular complexity index is 869. The fourth-order valence-corrected chi connectivity index (χ4v) is 3.37. The molecule has 4 rings (SSSR count). The summed E-state index contributed by atoms with van der Waals surface area (Å²) >= 11 is 0. The van der Waals surface area contributed by atoms with Crippen molar-refractivity contribution in [1.82, 2.24) is 29.6 Å². The predicted octanol–water partition coefficient (Wildman–Crippen LogP) is 1.74. The van der Waals surface area contributed by atoms with Gasteiger partial charge in [0.25, 0.3) is 0 Å². The van der Waals surface area contributed by atoms with Gasteiger partial charge in [-0.1, -0.05) is 6.07 Å². The van der Waals surface area contributed by atoms with Crippen LogP contribution >= 0.6 is 0 Å². The highest BCUT2D eigenvalue weighted by Gasteiger charge is 2.34. The van der Waals surface area contributed by atoms with E-state index in [2.05, 4.69) is 20.1 Å². The fraction of sp³-hybridized carbons (Fsp3) is 0.333. The summed E-state index contributed by atoms with van der Waals surface area (Å²) in [7, 11) is 0. The molecular formula is C18H20N6O. The van der Waals surface area contributed by atoms with Gasteiger partial charge in [0.15, 0.2) is 0 Å². The lowest BCUT2D eigenvalue weighted by molar-refractivity contribution is -0.132. The van der Waals surface area contributed by atoms with Crippen LogP contribution in [0.4, 0.5) is 0 Å². The van der Waals surface area contributed by atoms with Crippen LogP contribution in [0.15, 0.2) is 43.2 Å². The molecule has 1 amide bonds. The number of rotatable bonds is 4. The molecule has 3 aromatic heterocycles. The maximum absolute atomic E-state index is 13.0. The number of aryl methyl sites for hydroxylation is 1. The Hall–Kier alpha value is -2.96. The third-order valence-electron chi connectivity index (χ3n) is 4.61. The van der Waals surface area contributed by atoms with E-state index >= 15 is 0 Å². The lowest BCUT2D eigenvalue weighted by Gasteiger charge is -2.35. The molecule has 1 aliphatic rings. The van der Waals surface area contributed by atoms with Crippen molar-refractivity contribution in [2.24, 2.45) is 0 Å². The average Bonchev–Trinajstić information content (AvgIpc) is 3.30. The number of fused-ring (bicyclic) bond motifs is 1. The molecule has 4 heterocycles. The van der Waals surface area contributed by atoms with Crippen LogP contribution in [0.5, 0.6) is 0 Å². The van der Waals surface area contributed by atoms with E-state index in [1.807, 2.05) is 41.0 Å². The van der Waals surface area contributed by atoms with Crippen molar-refractivity contribution in [3.63, 3.8) is 0 Å². The van der Waals surface area contributed by atoms with Crippen molar-refractivity contribution in [2.45, 2.75) is 32.4 Å². The maximum atomic E-state index is 13.0. The highest BCUT2D eigenvalue weighted by Crippen LogP contribution is 2.33. The Labute approximate surface area is 145 Å². The van der Waals surface area contributed by atoms with Gasteiger partial charge in [0.05, 0.1) is 24.6 Å². The number of hydrogen-bond acceptors (Lipinski definition) is 4. The van der Waals surface area contributed by atoms with Gasteiger partial charge in [0.2, 0.25) is 5.91 Å². The van der Waals surface area contributed by atoms with Crippen molar-refractivity contribution in [3.8, 4) is 0 Å². The van der Waals surface area contributed by atoms with E-state index in [-0.39, 0.29) is 11.9 Å². The standard InChI is InChI=1S/C18H20N6O/c1-2-23-11-13(9-22-23)8-16(25)24-7-5-15-17(21-12-20-15)18(24)14-4-3-6-19-10-14/h3-4,6,9-12,18H,2,5,7-8H2,1H3,(H,20,21). The topological polar surface area (TPSA) is 79.7 Å². The van der Waals surface area contributed by atoms with Crippen LogP contribution in [0.25, 0.3) is 0 Å². The number of nitrogens with one attached hydrogen (secondary N) is 1. The number of amides is 1. The smallest absolute Gasteiger partial charge is 0.227 e. The minimum Gasteiger partial charge on any atom is -0.348 e. The molecule has 0 aliphatic carbocycles. The van der Waals surface area contributed by atoms with E-state index in [0.29, 0.717) is 13.0 Å². The van der Waals surface area contributed by atoms with Crippen molar-refractivity contribution < 1.29 is 4.79 Å². The lowest BCUT2D eigenvalue weighted by Crippen LogP contribution is -2.41. The van der Waals surface area contributed by atoms with Gasteiger partial charge in [-0.25, -0.2) is 4.98 Å². The van der Waals surface area contributed by atoms with Crippen LogP contribution in [0.3, 0.4) is 0 Å². The fourth-order valence-electron chi connectivity index (χ4n) is 3.37. The number of aromatic nitrogens is 5. The number of carbonyl (C=O) groups excluding carboxylic acids is 1. The predicted molar refractivity (Wildman–Crippen MR) is 91.7 cm³/mol. The molecule has 0 radical (unpaired) electrons. The molecule has 1 atom stereocenters. The molecule has 3 aromatic rings. The van der Waals surface area contributed by atoms with Gasteiger partial charge < -0.3 is 9.88 Å². The summed E-state index contributed by atoms with van der Waals surface area (Å²) in [6.45, 7) is 3.49. The first-order valence-electron chi connectivity index (χ1n) is 8.49. The van der Waals surface area contributed by atoms with Crippen molar-refractivity contribution in [2.75, 3.05) is 6.54 Å². The van der Waals surface area contributed by atoms with Gasteiger partial charge in [0.1, 0.15) is 6.04 Å². The molecule has 7 heteroatoms. The molecular weight excluding hydrogens is 316 g/mol. The minimum absolute atomic E-state index is 0.0816. The molecule has 0 fully saturated rings. The van der Waals surface area contributed by atoms with E-state index in [4.69, 9.17) is 0 Å². The summed E-state index contributed by atoms with van der Waals surface area (Å²) < 4.78 is 1.84. The van der Waals surface area contributed by atoms with Crippen LogP contribution in [-0.4, -0.2) is 42.1 Å². The summed E-state index contributed by atoms with van der Waals surface area (Å²) in [5, 5.41) is 4.26. The van der Waals surface area contributed by atoms with Gasteiger partial charge >= 0.3 is 0 Å². The summed E-state index contributed by atoms with van der Waals surface area (Å²) in [6.07, 6.45) is 10.1. The zero-order chi connectivity index (χ0) is 17.2. The van der Waals surface area contributed by atoms with E-state index in [0.717, 1.165) is 35.5 Å². The number of H-pyrrole nitrogens is 1. The molecule has 1 N–H and O–H groups in total. The van der Waals surface area contributed by atoms with E-state index in [9.17, 15) is 4.79 Å². The quantitative estimate of drug-likeness (QED) is 0.787. The number of pyridine rings is 1. The zero-order valence-electron chi connectivity index (χ0n) is 14.1. The largest absolute Gasteiger partial charge is 0.348 e. The summed E-state index contributed by atoms with van der Waals surface area (Å²) in [4.78, 5) is 26.8. The lowest BCUT2D eigenvalue weighted by atomic mass is 9.96. The van der Waals surface area contributed by atoms with Crippen molar-refractivity contribution in [3.05, 3.63) is 65.8 Å². The summed E-state index contributed by atoms with van der Waals surface area (Å²) in [6, 6.07) is 3.69. The molecule has 0 saturated heterocycles. The first kappa shape index (κ1) is 15.6. The second kappa shape index (κ2) is 6.51. The first-order valence-corrected chi connectivity index (χ1v) is 8.49. The Kier molecular flexibility index (Phi) is 4.05.